The Morgan fingerprint density at radius 3 is 2.31 bits per heavy atom. The SMILES string of the molecule is O=C(NCCc1ccccc1)[C@@H]1CCCN(C2CCN(C(=O)C3CCC3)CC2)C1. The molecule has 158 valence electrons. The summed E-state index contributed by atoms with van der Waals surface area (Å²) in [5, 5.41) is 3.15. The van der Waals surface area contributed by atoms with Crippen LogP contribution < -0.4 is 5.32 Å². The van der Waals surface area contributed by atoms with Gasteiger partial charge in [-0.3, -0.25) is 14.5 Å². The highest BCUT2D eigenvalue weighted by molar-refractivity contribution is 5.80. The fraction of sp³-hybridized carbons (Fsp3) is 0.667. The first-order chi connectivity index (χ1) is 14.2. The summed E-state index contributed by atoms with van der Waals surface area (Å²) in [4.78, 5) is 29.8. The Balaban J connectivity index is 1.20. The molecule has 3 fully saturated rings. The number of hydrogen-bond donors (Lipinski definition) is 1. The van der Waals surface area contributed by atoms with Crippen LogP contribution in [0.1, 0.15) is 50.5 Å². The second-order valence-electron chi connectivity index (χ2n) is 9.05. The van der Waals surface area contributed by atoms with Gasteiger partial charge in [0, 0.05) is 38.1 Å². The Morgan fingerprint density at radius 2 is 1.62 bits per heavy atom. The molecule has 0 aromatic heterocycles. The summed E-state index contributed by atoms with van der Waals surface area (Å²) in [6, 6.07) is 10.8. The van der Waals surface area contributed by atoms with Gasteiger partial charge in [-0.2, -0.15) is 0 Å². The number of rotatable bonds is 6. The summed E-state index contributed by atoms with van der Waals surface area (Å²) >= 11 is 0. The van der Waals surface area contributed by atoms with E-state index in [0.29, 0.717) is 24.4 Å². The van der Waals surface area contributed by atoms with E-state index in [4.69, 9.17) is 0 Å². The van der Waals surface area contributed by atoms with Gasteiger partial charge in [-0.05, 0) is 57.1 Å². The standard InChI is InChI=1S/C24H35N3O2/c28-23(25-14-11-19-6-2-1-3-7-19)21-10-5-15-27(18-21)22-12-16-26(17-13-22)24(29)20-8-4-9-20/h1-3,6-7,20-22H,4-5,8-18H2,(H,25,28)/t21-/m1/s1. The second-order valence-corrected chi connectivity index (χ2v) is 9.05. The Morgan fingerprint density at radius 1 is 0.897 bits per heavy atom. The number of nitrogens with zero attached hydrogens (tertiary/aromatic N) is 2. The molecule has 2 amide bonds. The van der Waals surface area contributed by atoms with E-state index in [-0.39, 0.29) is 11.8 Å². The molecule has 0 unspecified atom stereocenters. The molecule has 2 aliphatic heterocycles. The van der Waals surface area contributed by atoms with Gasteiger partial charge in [0.15, 0.2) is 0 Å². The van der Waals surface area contributed by atoms with Crippen LogP contribution in [-0.4, -0.2) is 60.4 Å². The van der Waals surface area contributed by atoms with Crippen LogP contribution in [0.2, 0.25) is 0 Å². The summed E-state index contributed by atoms with van der Waals surface area (Å²) in [6.07, 6.45) is 8.48. The fourth-order valence-corrected chi connectivity index (χ4v) is 5.04. The molecule has 1 aliphatic carbocycles. The van der Waals surface area contributed by atoms with Gasteiger partial charge in [0.05, 0.1) is 5.92 Å². The van der Waals surface area contributed by atoms with Crippen LogP contribution in [0, 0.1) is 11.8 Å². The lowest BCUT2D eigenvalue weighted by Crippen LogP contribution is -2.52. The molecular weight excluding hydrogens is 362 g/mol. The molecule has 2 heterocycles. The van der Waals surface area contributed by atoms with Crippen molar-refractivity contribution in [2.45, 2.75) is 57.4 Å². The summed E-state index contributed by atoms with van der Waals surface area (Å²) in [6.45, 7) is 4.46. The zero-order valence-corrected chi connectivity index (χ0v) is 17.5. The van der Waals surface area contributed by atoms with Crippen LogP contribution in [-0.2, 0) is 16.0 Å². The lowest BCUT2D eigenvalue weighted by molar-refractivity contribution is -0.139. The average Bonchev–Trinajstić information content (AvgIpc) is 2.73. The van der Waals surface area contributed by atoms with Crippen LogP contribution in [0.25, 0.3) is 0 Å². The molecular formula is C24H35N3O2. The molecule has 3 aliphatic rings. The van der Waals surface area contributed by atoms with E-state index in [2.05, 4.69) is 27.2 Å². The van der Waals surface area contributed by atoms with Crippen molar-refractivity contribution < 1.29 is 9.59 Å². The van der Waals surface area contributed by atoms with Crippen LogP contribution >= 0.6 is 0 Å². The van der Waals surface area contributed by atoms with Crippen molar-refractivity contribution >= 4 is 11.8 Å². The molecule has 4 rings (SSSR count). The maximum Gasteiger partial charge on any atom is 0.225 e. The maximum atomic E-state index is 12.7. The molecule has 0 spiro atoms. The van der Waals surface area contributed by atoms with E-state index in [1.807, 2.05) is 18.2 Å². The van der Waals surface area contributed by atoms with Crippen molar-refractivity contribution in [3.05, 3.63) is 35.9 Å². The van der Waals surface area contributed by atoms with Crippen LogP contribution in [0.4, 0.5) is 0 Å². The number of carbonyl (C=O) groups excluding carboxylic acids is 2. The van der Waals surface area contributed by atoms with E-state index in [0.717, 1.165) is 71.1 Å². The van der Waals surface area contributed by atoms with Gasteiger partial charge >= 0.3 is 0 Å². The zero-order chi connectivity index (χ0) is 20.1. The lowest BCUT2D eigenvalue weighted by Gasteiger charge is -2.43. The predicted molar refractivity (Wildman–Crippen MR) is 114 cm³/mol. The first-order valence-electron chi connectivity index (χ1n) is 11.5. The Kier molecular flexibility index (Phi) is 6.86. The summed E-state index contributed by atoms with van der Waals surface area (Å²) < 4.78 is 0. The Labute approximate surface area is 174 Å². The largest absolute Gasteiger partial charge is 0.355 e. The van der Waals surface area contributed by atoms with Gasteiger partial charge in [-0.1, -0.05) is 36.8 Å². The molecule has 0 bridgehead atoms. The highest BCUT2D eigenvalue weighted by atomic mass is 16.2. The van der Waals surface area contributed by atoms with Crippen molar-refractivity contribution in [1.82, 2.24) is 15.1 Å². The molecule has 5 heteroatoms. The molecule has 2 saturated heterocycles. The summed E-state index contributed by atoms with van der Waals surface area (Å²) in [7, 11) is 0. The zero-order valence-electron chi connectivity index (χ0n) is 17.5. The Bertz CT molecular complexity index is 681. The number of carbonyl (C=O) groups is 2. The molecule has 0 radical (unpaired) electrons. The predicted octanol–water partition coefficient (Wildman–Crippen LogP) is 2.85. The van der Waals surface area contributed by atoms with Crippen LogP contribution in [0.5, 0.6) is 0 Å². The first kappa shape index (κ1) is 20.4. The molecule has 1 N–H and O–H groups in total. The fourth-order valence-electron chi connectivity index (χ4n) is 5.04. The third-order valence-electron chi connectivity index (χ3n) is 7.13. The Hall–Kier alpha value is -1.88. The minimum atomic E-state index is 0.106. The van der Waals surface area contributed by atoms with E-state index in [9.17, 15) is 9.59 Å². The monoisotopic (exact) mass is 397 g/mol. The van der Waals surface area contributed by atoms with Gasteiger partial charge in [0.1, 0.15) is 0 Å². The van der Waals surface area contributed by atoms with Crippen LogP contribution in [0.15, 0.2) is 30.3 Å². The maximum absolute atomic E-state index is 12.7. The molecule has 1 aromatic carbocycles. The van der Waals surface area contributed by atoms with Crippen LogP contribution in [0.3, 0.4) is 0 Å². The highest BCUT2D eigenvalue weighted by Gasteiger charge is 2.35. The van der Waals surface area contributed by atoms with Crippen molar-refractivity contribution in [3.8, 4) is 0 Å². The number of nitrogens with one attached hydrogen (secondary N) is 1. The van der Waals surface area contributed by atoms with Gasteiger partial charge in [-0.15, -0.1) is 0 Å². The average molecular weight is 398 g/mol. The van der Waals surface area contributed by atoms with Crippen molar-refractivity contribution in [2.75, 3.05) is 32.7 Å². The number of amides is 2. The van der Waals surface area contributed by atoms with E-state index in [1.54, 1.807) is 0 Å². The third kappa shape index (κ3) is 5.19. The molecule has 29 heavy (non-hydrogen) atoms. The summed E-state index contributed by atoms with van der Waals surface area (Å²) in [5.41, 5.74) is 1.27. The number of hydrogen-bond acceptors (Lipinski definition) is 3. The molecule has 1 aromatic rings. The molecule has 5 nitrogen and oxygen atoms in total. The van der Waals surface area contributed by atoms with E-state index >= 15 is 0 Å². The quantitative estimate of drug-likeness (QED) is 0.803. The van der Waals surface area contributed by atoms with Gasteiger partial charge in [-0.25, -0.2) is 0 Å². The minimum absolute atomic E-state index is 0.106. The molecule has 1 saturated carbocycles. The molecule has 1 atom stereocenters. The first-order valence-corrected chi connectivity index (χ1v) is 11.5. The topological polar surface area (TPSA) is 52.7 Å². The van der Waals surface area contributed by atoms with Crippen molar-refractivity contribution in [2.24, 2.45) is 11.8 Å². The van der Waals surface area contributed by atoms with Crippen molar-refractivity contribution in [1.29, 1.82) is 0 Å². The number of benzene rings is 1. The normalized spacial score (nSPS) is 24.1. The highest BCUT2D eigenvalue weighted by Crippen LogP contribution is 2.30. The van der Waals surface area contributed by atoms with Gasteiger partial charge in [0.2, 0.25) is 11.8 Å². The summed E-state index contributed by atoms with van der Waals surface area (Å²) in [5.74, 6) is 1.02. The van der Waals surface area contributed by atoms with E-state index < -0.39 is 0 Å². The van der Waals surface area contributed by atoms with Crippen molar-refractivity contribution in [3.63, 3.8) is 0 Å². The smallest absolute Gasteiger partial charge is 0.225 e. The number of piperidine rings is 2. The lowest BCUT2D eigenvalue weighted by atomic mass is 9.84. The third-order valence-corrected chi connectivity index (χ3v) is 7.13. The van der Waals surface area contributed by atoms with Gasteiger partial charge in [0.25, 0.3) is 0 Å². The number of likely N-dealkylation sites (tertiary alicyclic amines) is 2. The second kappa shape index (κ2) is 9.75. The van der Waals surface area contributed by atoms with Gasteiger partial charge < -0.3 is 10.2 Å². The van der Waals surface area contributed by atoms with E-state index in [1.165, 1.54) is 12.0 Å². The minimum Gasteiger partial charge on any atom is -0.355 e.